The van der Waals surface area contributed by atoms with Crippen LogP contribution in [0.15, 0.2) is 30.6 Å². The fourth-order valence-electron chi connectivity index (χ4n) is 5.82. The second kappa shape index (κ2) is 12.3. The zero-order valence-corrected chi connectivity index (χ0v) is 24.8. The molecule has 3 aliphatic rings. The minimum atomic E-state index is -0.637. The van der Waals surface area contributed by atoms with Gasteiger partial charge in [0.2, 0.25) is 0 Å². The quantitative estimate of drug-likeness (QED) is 0.473. The summed E-state index contributed by atoms with van der Waals surface area (Å²) in [7, 11) is 1.59. The number of aromatic nitrogens is 2. The molecule has 226 valence electrons. The first kappa shape index (κ1) is 29.9. The summed E-state index contributed by atoms with van der Waals surface area (Å²) in [5.74, 6) is -0.853. The van der Waals surface area contributed by atoms with Crippen molar-refractivity contribution in [3.8, 4) is 11.4 Å². The van der Waals surface area contributed by atoms with Gasteiger partial charge in [-0.15, -0.1) is 0 Å². The number of nitrogens with zero attached hydrogens (tertiary/aromatic N) is 5. The van der Waals surface area contributed by atoms with Crippen LogP contribution in [-0.4, -0.2) is 99.7 Å². The summed E-state index contributed by atoms with van der Waals surface area (Å²) in [5.41, 5.74) is 0.242. The van der Waals surface area contributed by atoms with Crippen molar-refractivity contribution in [1.82, 2.24) is 24.7 Å². The summed E-state index contributed by atoms with van der Waals surface area (Å²) in [6.07, 6.45) is 7.58. The minimum Gasteiger partial charge on any atom is -0.444 e. The summed E-state index contributed by atoms with van der Waals surface area (Å²) < 4.78 is 25.8. The molecule has 1 saturated carbocycles. The smallest absolute Gasteiger partial charge is 0.410 e. The van der Waals surface area contributed by atoms with Crippen molar-refractivity contribution in [2.75, 3.05) is 33.4 Å². The first-order valence-corrected chi connectivity index (χ1v) is 14.8. The molecule has 0 bridgehead atoms. The summed E-state index contributed by atoms with van der Waals surface area (Å²) >= 11 is 0. The molecule has 3 heterocycles. The topological polar surface area (TPSA) is 105 Å². The van der Waals surface area contributed by atoms with E-state index in [9.17, 15) is 14.4 Å². The molecule has 0 N–H and O–H groups in total. The maximum Gasteiger partial charge on any atom is 0.410 e. The Morgan fingerprint density at radius 1 is 1.00 bits per heavy atom. The van der Waals surface area contributed by atoms with Crippen LogP contribution in [0.3, 0.4) is 0 Å². The number of likely N-dealkylation sites (tertiary alicyclic amines) is 2. The van der Waals surface area contributed by atoms with Crippen molar-refractivity contribution in [2.45, 2.75) is 83.0 Å². The van der Waals surface area contributed by atoms with Gasteiger partial charge in [0.1, 0.15) is 11.4 Å². The van der Waals surface area contributed by atoms with Crippen LogP contribution in [0.2, 0.25) is 0 Å². The molecule has 3 amide bonds. The van der Waals surface area contributed by atoms with Crippen LogP contribution in [-0.2, 0) is 9.47 Å². The first-order chi connectivity index (χ1) is 20.1. The monoisotopic (exact) mass is 581 g/mol. The number of benzene rings is 1. The van der Waals surface area contributed by atoms with Crippen molar-refractivity contribution >= 4 is 17.9 Å². The molecule has 0 spiro atoms. The van der Waals surface area contributed by atoms with Gasteiger partial charge in [-0.25, -0.2) is 19.2 Å². The third-order valence-corrected chi connectivity index (χ3v) is 8.04. The molecule has 1 aliphatic carbocycles. The summed E-state index contributed by atoms with van der Waals surface area (Å²) in [4.78, 5) is 53.1. The highest BCUT2D eigenvalue weighted by Crippen LogP contribution is 2.33. The van der Waals surface area contributed by atoms with Crippen LogP contribution in [0, 0.1) is 5.82 Å². The highest BCUT2D eigenvalue weighted by molar-refractivity contribution is 5.96. The Balaban J connectivity index is 1.24. The van der Waals surface area contributed by atoms with Gasteiger partial charge in [-0.1, -0.05) is 6.07 Å². The normalized spacial score (nSPS) is 19.6. The summed E-state index contributed by atoms with van der Waals surface area (Å²) in [5, 5.41) is 0. The molecule has 1 atom stereocenters. The third-order valence-electron chi connectivity index (χ3n) is 8.04. The molecule has 5 rings (SSSR count). The lowest BCUT2D eigenvalue weighted by Gasteiger charge is -2.39. The zero-order chi connectivity index (χ0) is 30.0. The Morgan fingerprint density at radius 3 is 2.26 bits per heavy atom. The Labute approximate surface area is 246 Å². The number of hydrogen-bond acceptors (Lipinski definition) is 7. The summed E-state index contributed by atoms with van der Waals surface area (Å²) in [6, 6.07) is 4.50. The van der Waals surface area contributed by atoms with Gasteiger partial charge in [0.15, 0.2) is 5.82 Å². The van der Waals surface area contributed by atoms with Gasteiger partial charge in [-0.05, 0) is 71.4 Å². The average molecular weight is 582 g/mol. The number of piperidine rings is 1. The molecular formula is C31H40FN5O5. The van der Waals surface area contributed by atoms with Gasteiger partial charge < -0.3 is 24.2 Å². The van der Waals surface area contributed by atoms with Gasteiger partial charge in [0, 0.05) is 56.8 Å². The summed E-state index contributed by atoms with van der Waals surface area (Å²) in [6.45, 7) is 7.60. The number of hydrogen-bond donors (Lipinski definition) is 0. The zero-order valence-electron chi connectivity index (χ0n) is 24.8. The second-order valence-corrected chi connectivity index (χ2v) is 12.4. The number of methoxy groups -OCH3 is 1. The Kier molecular flexibility index (Phi) is 8.77. The SMILES string of the molecule is COCC1CCCN1C(=O)c1ccc(-c2ncc(C(=O)N(C3CC3)C3CCN(C(=O)OC(C)(C)C)CC3)cn2)cc1F. The minimum absolute atomic E-state index is 0.00587. The van der Waals surface area contributed by atoms with Crippen molar-refractivity contribution in [3.05, 3.63) is 47.5 Å². The molecule has 3 fully saturated rings. The molecule has 1 aromatic heterocycles. The molecule has 2 aromatic rings. The lowest BCUT2D eigenvalue weighted by atomic mass is 10.0. The molecule has 42 heavy (non-hydrogen) atoms. The first-order valence-electron chi connectivity index (χ1n) is 14.8. The maximum absolute atomic E-state index is 15.1. The second-order valence-electron chi connectivity index (χ2n) is 12.4. The Hall–Kier alpha value is -3.60. The predicted molar refractivity (Wildman–Crippen MR) is 153 cm³/mol. The fraction of sp³-hybridized carbons (Fsp3) is 0.581. The molecule has 1 unspecified atom stereocenters. The van der Waals surface area contributed by atoms with E-state index in [0.717, 1.165) is 25.7 Å². The molecule has 11 heteroatoms. The van der Waals surface area contributed by atoms with Gasteiger partial charge in [-0.2, -0.15) is 0 Å². The van der Waals surface area contributed by atoms with Crippen LogP contribution in [0.1, 0.15) is 80.0 Å². The van der Waals surface area contributed by atoms with E-state index in [1.54, 1.807) is 23.0 Å². The average Bonchev–Trinajstić information content (AvgIpc) is 3.68. The van der Waals surface area contributed by atoms with E-state index in [2.05, 4.69) is 9.97 Å². The van der Waals surface area contributed by atoms with Crippen molar-refractivity contribution in [3.63, 3.8) is 0 Å². The molecule has 0 radical (unpaired) electrons. The van der Waals surface area contributed by atoms with Gasteiger partial charge in [0.25, 0.3) is 11.8 Å². The number of amides is 3. The lowest BCUT2D eigenvalue weighted by Crippen LogP contribution is -2.50. The Morgan fingerprint density at radius 2 is 1.67 bits per heavy atom. The van der Waals surface area contributed by atoms with Gasteiger partial charge in [0.05, 0.1) is 23.8 Å². The maximum atomic E-state index is 15.1. The van der Waals surface area contributed by atoms with E-state index < -0.39 is 11.4 Å². The lowest BCUT2D eigenvalue weighted by molar-refractivity contribution is 0.0142. The van der Waals surface area contributed by atoms with Gasteiger partial charge >= 0.3 is 6.09 Å². The van der Waals surface area contributed by atoms with E-state index in [0.29, 0.717) is 50.2 Å². The number of rotatable bonds is 7. The van der Waals surface area contributed by atoms with Crippen molar-refractivity contribution in [2.24, 2.45) is 0 Å². The highest BCUT2D eigenvalue weighted by Gasteiger charge is 2.40. The molecule has 2 aliphatic heterocycles. The van der Waals surface area contributed by atoms with Crippen LogP contribution in [0.25, 0.3) is 11.4 Å². The molecule has 1 aromatic carbocycles. The number of halogens is 1. The fourth-order valence-corrected chi connectivity index (χ4v) is 5.82. The van der Waals surface area contributed by atoms with Crippen LogP contribution in [0.4, 0.5) is 9.18 Å². The third kappa shape index (κ3) is 6.72. The van der Waals surface area contributed by atoms with E-state index in [1.807, 2.05) is 25.7 Å². The Bertz CT molecular complexity index is 1300. The molecule has 10 nitrogen and oxygen atoms in total. The number of ether oxygens (including phenoxy) is 2. The van der Waals surface area contributed by atoms with Crippen molar-refractivity contribution in [1.29, 1.82) is 0 Å². The van der Waals surface area contributed by atoms with Gasteiger partial charge in [-0.3, -0.25) is 9.59 Å². The predicted octanol–water partition coefficient (Wildman–Crippen LogP) is 4.54. The number of carbonyl (C=O) groups is 3. The van der Waals surface area contributed by atoms with E-state index in [1.165, 1.54) is 24.5 Å². The van der Waals surface area contributed by atoms with Crippen molar-refractivity contribution < 1.29 is 28.2 Å². The molecule has 2 saturated heterocycles. The van der Waals surface area contributed by atoms with E-state index >= 15 is 4.39 Å². The van der Waals surface area contributed by atoms with Crippen LogP contribution < -0.4 is 0 Å². The molecular weight excluding hydrogens is 541 g/mol. The highest BCUT2D eigenvalue weighted by atomic mass is 19.1. The number of carbonyl (C=O) groups excluding carboxylic acids is 3. The largest absolute Gasteiger partial charge is 0.444 e. The van der Waals surface area contributed by atoms with Crippen LogP contribution >= 0.6 is 0 Å². The van der Waals surface area contributed by atoms with Crippen LogP contribution in [0.5, 0.6) is 0 Å². The van der Waals surface area contributed by atoms with E-state index in [4.69, 9.17) is 9.47 Å². The standard InChI is InChI=1S/C31H40FN5O5/c1-31(2,3)42-30(40)35-14-11-23(12-15-35)37(22-8-9-22)28(38)21-17-33-27(34-18-21)20-7-10-25(26(32)16-20)29(39)36-13-5-6-24(36)19-41-4/h7,10,16-18,22-24H,5-6,8-9,11-15,19H2,1-4H3. The van der Waals surface area contributed by atoms with E-state index in [-0.39, 0.29) is 47.4 Å².